The quantitative estimate of drug-likeness (QED) is 0.526. The molecular weight excluding hydrogens is 360 g/mol. The van der Waals surface area contributed by atoms with Gasteiger partial charge in [0, 0.05) is 29.1 Å². The summed E-state index contributed by atoms with van der Waals surface area (Å²) in [5.41, 5.74) is 1.94. The fourth-order valence-electron chi connectivity index (χ4n) is 2.75. The first kappa shape index (κ1) is 17.8. The van der Waals surface area contributed by atoms with Gasteiger partial charge in [-0.05, 0) is 36.4 Å². The normalized spacial score (nSPS) is 11.2. The number of nitrogens with one attached hydrogen (secondary N) is 1. The van der Waals surface area contributed by atoms with Gasteiger partial charge in [0.25, 0.3) is 5.91 Å². The maximum absolute atomic E-state index is 12.2. The van der Waals surface area contributed by atoms with E-state index in [-0.39, 0.29) is 18.4 Å². The van der Waals surface area contributed by atoms with Crippen molar-refractivity contribution in [3.63, 3.8) is 0 Å². The summed E-state index contributed by atoms with van der Waals surface area (Å²) in [5.74, 6) is 0.960. The molecule has 1 N–H and O–H groups in total. The number of hydrogen-bond acceptors (Lipinski definition) is 6. The fourth-order valence-corrected chi connectivity index (χ4v) is 2.75. The molecule has 0 aliphatic carbocycles. The number of hydrogen-bond donors (Lipinski definition) is 1. The average molecular weight is 378 g/mol. The zero-order valence-electron chi connectivity index (χ0n) is 15.4. The molecule has 142 valence electrons. The lowest BCUT2D eigenvalue weighted by atomic mass is 10.2. The van der Waals surface area contributed by atoms with Crippen LogP contribution in [0.15, 0.2) is 62.2 Å². The van der Waals surface area contributed by atoms with Gasteiger partial charge in [-0.25, -0.2) is 9.78 Å². The molecule has 1 amide bonds. The van der Waals surface area contributed by atoms with Crippen LogP contribution in [0.25, 0.3) is 22.1 Å². The minimum absolute atomic E-state index is 0.184. The van der Waals surface area contributed by atoms with Crippen LogP contribution in [0.1, 0.15) is 25.7 Å². The lowest BCUT2D eigenvalue weighted by Crippen LogP contribution is -2.20. The van der Waals surface area contributed by atoms with Crippen molar-refractivity contribution in [1.82, 2.24) is 4.98 Å². The van der Waals surface area contributed by atoms with Crippen LogP contribution in [0.3, 0.4) is 0 Å². The largest absolute Gasteiger partial charge is 0.484 e. The summed E-state index contributed by atoms with van der Waals surface area (Å²) in [5, 5.41) is 3.55. The van der Waals surface area contributed by atoms with Crippen LogP contribution in [0, 0.1) is 0 Å². The van der Waals surface area contributed by atoms with Gasteiger partial charge in [0.05, 0.1) is 0 Å². The highest BCUT2D eigenvalue weighted by Gasteiger charge is 2.11. The van der Waals surface area contributed by atoms with E-state index in [1.807, 2.05) is 13.8 Å². The first-order valence-corrected chi connectivity index (χ1v) is 8.85. The number of benzene rings is 2. The number of carbonyl (C=O) groups excluding carboxylic acids is 1. The molecule has 0 fully saturated rings. The highest BCUT2D eigenvalue weighted by molar-refractivity contribution is 5.93. The number of fused-ring (bicyclic) bond motifs is 2. The molecule has 2 aromatic carbocycles. The Balaban J connectivity index is 1.43. The van der Waals surface area contributed by atoms with Gasteiger partial charge in [-0.2, -0.15) is 0 Å². The van der Waals surface area contributed by atoms with E-state index in [0.29, 0.717) is 34.0 Å². The molecule has 0 saturated heterocycles. The van der Waals surface area contributed by atoms with Crippen molar-refractivity contribution in [1.29, 1.82) is 0 Å². The summed E-state index contributed by atoms with van der Waals surface area (Å²) in [4.78, 5) is 27.9. The molecule has 0 atom stereocenters. The Morgan fingerprint density at radius 2 is 1.89 bits per heavy atom. The summed E-state index contributed by atoms with van der Waals surface area (Å²) < 4.78 is 16.3. The van der Waals surface area contributed by atoms with Crippen molar-refractivity contribution in [2.45, 2.75) is 19.8 Å². The SMILES string of the molecule is CC(C)c1nc2cc(NC(=O)COc3ccc4ccc(=O)oc4c3)ccc2o1. The van der Waals surface area contributed by atoms with Gasteiger partial charge in [-0.1, -0.05) is 13.8 Å². The maximum Gasteiger partial charge on any atom is 0.336 e. The molecule has 0 aliphatic rings. The Morgan fingerprint density at radius 1 is 1.07 bits per heavy atom. The molecule has 0 bridgehead atoms. The van der Waals surface area contributed by atoms with Crippen LogP contribution in [-0.4, -0.2) is 17.5 Å². The smallest absolute Gasteiger partial charge is 0.336 e. The zero-order chi connectivity index (χ0) is 19.7. The predicted molar refractivity (Wildman–Crippen MR) is 105 cm³/mol. The Hall–Kier alpha value is -3.61. The molecule has 7 nitrogen and oxygen atoms in total. The van der Waals surface area contributed by atoms with Crippen molar-refractivity contribution < 1.29 is 18.4 Å². The molecular formula is C21H18N2O5. The van der Waals surface area contributed by atoms with Crippen molar-refractivity contribution >= 4 is 33.7 Å². The molecule has 0 unspecified atom stereocenters. The van der Waals surface area contributed by atoms with E-state index in [1.165, 1.54) is 6.07 Å². The zero-order valence-corrected chi connectivity index (χ0v) is 15.4. The number of carbonyl (C=O) groups is 1. The number of nitrogens with zero attached hydrogens (tertiary/aromatic N) is 1. The van der Waals surface area contributed by atoms with E-state index >= 15 is 0 Å². The predicted octanol–water partition coefficient (Wildman–Crippen LogP) is 4.08. The monoisotopic (exact) mass is 378 g/mol. The van der Waals surface area contributed by atoms with E-state index < -0.39 is 5.63 Å². The second kappa shape index (κ2) is 7.19. The Labute approximate surface area is 159 Å². The number of aromatic nitrogens is 1. The van der Waals surface area contributed by atoms with E-state index in [0.717, 1.165) is 5.39 Å². The van der Waals surface area contributed by atoms with Gasteiger partial charge in [0.15, 0.2) is 18.1 Å². The minimum Gasteiger partial charge on any atom is -0.484 e. The number of amides is 1. The Kier molecular flexibility index (Phi) is 4.57. The van der Waals surface area contributed by atoms with E-state index in [4.69, 9.17) is 13.6 Å². The summed E-state index contributed by atoms with van der Waals surface area (Å²) in [6.07, 6.45) is 0. The second-order valence-corrected chi connectivity index (χ2v) is 6.68. The van der Waals surface area contributed by atoms with Crippen LogP contribution in [0.2, 0.25) is 0 Å². The van der Waals surface area contributed by atoms with Crippen LogP contribution < -0.4 is 15.7 Å². The molecule has 2 heterocycles. The summed E-state index contributed by atoms with van der Waals surface area (Å²) in [7, 11) is 0. The fraction of sp³-hybridized carbons (Fsp3) is 0.190. The summed E-state index contributed by atoms with van der Waals surface area (Å²) in [6, 6.07) is 13.4. The summed E-state index contributed by atoms with van der Waals surface area (Å²) >= 11 is 0. The Morgan fingerprint density at radius 3 is 2.71 bits per heavy atom. The van der Waals surface area contributed by atoms with E-state index in [1.54, 1.807) is 42.5 Å². The topological polar surface area (TPSA) is 94.6 Å². The maximum atomic E-state index is 12.2. The molecule has 0 aliphatic heterocycles. The van der Waals surface area contributed by atoms with Crippen LogP contribution >= 0.6 is 0 Å². The van der Waals surface area contributed by atoms with Gasteiger partial charge in [-0.15, -0.1) is 0 Å². The highest BCUT2D eigenvalue weighted by Crippen LogP contribution is 2.24. The van der Waals surface area contributed by atoms with Crippen molar-refractivity contribution in [2.24, 2.45) is 0 Å². The third kappa shape index (κ3) is 3.73. The van der Waals surface area contributed by atoms with E-state index in [2.05, 4.69) is 10.3 Å². The molecule has 0 saturated carbocycles. The van der Waals surface area contributed by atoms with Gasteiger partial charge >= 0.3 is 5.63 Å². The number of ether oxygens (including phenoxy) is 1. The molecule has 7 heteroatoms. The molecule has 4 rings (SSSR count). The van der Waals surface area contributed by atoms with Crippen LogP contribution in [-0.2, 0) is 4.79 Å². The summed E-state index contributed by atoms with van der Waals surface area (Å²) in [6.45, 7) is 3.82. The van der Waals surface area contributed by atoms with Crippen LogP contribution in [0.5, 0.6) is 5.75 Å². The first-order valence-electron chi connectivity index (χ1n) is 8.85. The number of anilines is 1. The van der Waals surface area contributed by atoms with E-state index in [9.17, 15) is 9.59 Å². The standard InChI is InChI=1S/C21H18N2O5/c1-12(2)21-23-16-9-14(5-7-17(16)28-21)22-19(24)11-26-15-6-3-13-4-8-20(25)27-18(13)10-15/h3-10,12H,11H2,1-2H3,(H,22,24). The van der Waals surface area contributed by atoms with Gasteiger partial charge < -0.3 is 18.9 Å². The third-order valence-corrected chi connectivity index (χ3v) is 4.15. The molecule has 0 radical (unpaired) electrons. The number of oxazole rings is 1. The lowest BCUT2D eigenvalue weighted by molar-refractivity contribution is -0.118. The Bertz CT molecular complexity index is 1220. The van der Waals surface area contributed by atoms with Gasteiger partial charge in [0.1, 0.15) is 16.8 Å². The molecule has 2 aromatic heterocycles. The van der Waals surface area contributed by atoms with Crippen molar-refractivity contribution in [3.05, 3.63) is 64.8 Å². The highest BCUT2D eigenvalue weighted by atomic mass is 16.5. The van der Waals surface area contributed by atoms with Crippen molar-refractivity contribution in [3.8, 4) is 5.75 Å². The van der Waals surface area contributed by atoms with Gasteiger partial charge in [0.2, 0.25) is 0 Å². The molecule has 0 spiro atoms. The number of rotatable bonds is 5. The minimum atomic E-state index is -0.439. The average Bonchev–Trinajstić information content (AvgIpc) is 3.10. The molecule has 28 heavy (non-hydrogen) atoms. The van der Waals surface area contributed by atoms with Crippen molar-refractivity contribution in [2.75, 3.05) is 11.9 Å². The lowest BCUT2D eigenvalue weighted by Gasteiger charge is -2.08. The van der Waals surface area contributed by atoms with Crippen LogP contribution in [0.4, 0.5) is 5.69 Å². The third-order valence-electron chi connectivity index (χ3n) is 4.15. The van der Waals surface area contributed by atoms with Gasteiger partial charge in [-0.3, -0.25) is 4.79 Å². The second-order valence-electron chi connectivity index (χ2n) is 6.68. The molecule has 4 aromatic rings. The first-order chi connectivity index (χ1) is 13.5.